The van der Waals surface area contributed by atoms with Crippen molar-refractivity contribution in [1.29, 1.82) is 0 Å². The lowest BCUT2D eigenvalue weighted by molar-refractivity contribution is -0.121. The molecule has 0 aromatic carbocycles. The van der Waals surface area contributed by atoms with E-state index in [2.05, 4.69) is 19.2 Å². The van der Waals surface area contributed by atoms with Gasteiger partial charge < -0.3 is 11.1 Å². The van der Waals surface area contributed by atoms with Gasteiger partial charge in [0, 0.05) is 13.0 Å². The average Bonchev–Trinajstić information content (AvgIpc) is 2.21. The zero-order valence-electron chi connectivity index (χ0n) is 9.73. The molecule has 0 radical (unpaired) electrons. The van der Waals surface area contributed by atoms with Gasteiger partial charge >= 0.3 is 0 Å². The summed E-state index contributed by atoms with van der Waals surface area (Å²) in [5, 5.41) is 2.96. The summed E-state index contributed by atoms with van der Waals surface area (Å²) < 4.78 is 0. The SMILES string of the molecule is CCCC(=O)NCC(CC)(CC)CN. The standard InChI is InChI=1S/C11H24N2O/c1-4-7-10(14)13-9-11(5-2,6-3)8-12/h4-9,12H2,1-3H3,(H,13,14). The molecule has 0 aliphatic rings. The Balaban J connectivity index is 3.99. The van der Waals surface area contributed by atoms with E-state index in [9.17, 15) is 4.79 Å². The predicted molar refractivity (Wildman–Crippen MR) is 60.0 cm³/mol. The van der Waals surface area contributed by atoms with E-state index in [0.717, 1.165) is 25.8 Å². The van der Waals surface area contributed by atoms with Gasteiger partial charge in [0.2, 0.25) is 5.91 Å². The maximum Gasteiger partial charge on any atom is 0.220 e. The first-order valence-corrected chi connectivity index (χ1v) is 5.61. The monoisotopic (exact) mass is 200 g/mol. The Bertz CT molecular complexity index is 156. The second-order valence-electron chi connectivity index (χ2n) is 3.94. The van der Waals surface area contributed by atoms with Crippen LogP contribution in [0.3, 0.4) is 0 Å². The lowest BCUT2D eigenvalue weighted by Gasteiger charge is -2.30. The van der Waals surface area contributed by atoms with Gasteiger partial charge in [0.15, 0.2) is 0 Å². The number of carbonyl (C=O) groups excluding carboxylic acids is 1. The van der Waals surface area contributed by atoms with E-state index in [0.29, 0.717) is 13.0 Å². The van der Waals surface area contributed by atoms with E-state index in [1.807, 2.05) is 6.92 Å². The fraction of sp³-hybridized carbons (Fsp3) is 0.909. The molecule has 84 valence electrons. The molecule has 3 N–H and O–H groups in total. The Labute approximate surface area is 87.4 Å². The first-order chi connectivity index (χ1) is 6.64. The highest BCUT2D eigenvalue weighted by atomic mass is 16.1. The molecule has 0 rings (SSSR count). The van der Waals surface area contributed by atoms with E-state index in [4.69, 9.17) is 5.73 Å². The van der Waals surface area contributed by atoms with E-state index in [1.165, 1.54) is 0 Å². The Morgan fingerprint density at radius 2 is 1.86 bits per heavy atom. The molecule has 0 atom stereocenters. The van der Waals surface area contributed by atoms with Crippen LogP contribution in [0.2, 0.25) is 0 Å². The normalized spacial score (nSPS) is 11.4. The molecule has 0 aliphatic carbocycles. The fourth-order valence-electron chi connectivity index (χ4n) is 1.46. The summed E-state index contributed by atoms with van der Waals surface area (Å²) in [6.45, 7) is 7.63. The quantitative estimate of drug-likeness (QED) is 0.657. The number of hydrogen-bond donors (Lipinski definition) is 2. The molecule has 14 heavy (non-hydrogen) atoms. The second kappa shape index (κ2) is 6.82. The van der Waals surface area contributed by atoms with Crippen molar-refractivity contribution in [2.45, 2.75) is 46.5 Å². The van der Waals surface area contributed by atoms with Gasteiger partial charge in [-0.15, -0.1) is 0 Å². The van der Waals surface area contributed by atoms with Gasteiger partial charge in [0.25, 0.3) is 0 Å². The Morgan fingerprint density at radius 1 is 1.29 bits per heavy atom. The summed E-state index contributed by atoms with van der Waals surface area (Å²) in [5.74, 6) is 0.146. The Morgan fingerprint density at radius 3 is 2.21 bits per heavy atom. The summed E-state index contributed by atoms with van der Waals surface area (Å²) in [6.07, 6.45) is 3.56. The third-order valence-corrected chi connectivity index (χ3v) is 3.07. The van der Waals surface area contributed by atoms with Crippen molar-refractivity contribution in [3.63, 3.8) is 0 Å². The van der Waals surface area contributed by atoms with Gasteiger partial charge in [-0.3, -0.25) is 4.79 Å². The molecule has 0 aromatic rings. The van der Waals surface area contributed by atoms with Crippen LogP contribution in [0, 0.1) is 5.41 Å². The molecule has 0 saturated carbocycles. The Hall–Kier alpha value is -0.570. The van der Waals surface area contributed by atoms with E-state index in [-0.39, 0.29) is 11.3 Å². The highest BCUT2D eigenvalue weighted by Crippen LogP contribution is 2.23. The van der Waals surface area contributed by atoms with E-state index < -0.39 is 0 Å². The van der Waals surface area contributed by atoms with Crippen LogP contribution in [-0.2, 0) is 4.79 Å². The Kier molecular flexibility index (Phi) is 6.54. The van der Waals surface area contributed by atoms with Gasteiger partial charge in [0.1, 0.15) is 0 Å². The highest BCUT2D eigenvalue weighted by Gasteiger charge is 2.24. The summed E-state index contributed by atoms with van der Waals surface area (Å²) in [5.41, 5.74) is 5.84. The van der Waals surface area contributed by atoms with Crippen LogP contribution in [0.1, 0.15) is 46.5 Å². The topological polar surface area (TPSA) is 55.1 Å². The molecule has 0 heterocycles. The maximum atomic E-state index is 11.3. The maximum absolute atomic E-state index is 11.3. The minimum absolute atomic E-state index is 0.101. The van der Waals surface area contributed by atoms with Crippen LogP contribution in [0.4, 0.5) is 0 Å². The van der Waals surface area contributed by atoms with Crippen molar-refractivity contribution in [3.05, 3.63) is 0 Å². The van der Waals surface area contributed by atoms with Crippen molar-refractivity contribution < 1.29 is 4.79 Å². The summed E-state index contributed by atoms with van der Waals surface area (Å²) in [7, 11) is 0. The second-order valence-corrected chi connectivity index (χ2v) is 3.94. The summed E-state index contributed by atoms with van der Waals surface area (Å²) in [6, 6.07) is 0. The molecule has 3 nitrogen and oxygen atoms in total. The number of nitrogens with one attached hydrogen (secondary N) is 1. The van der Waals surface area contributed by atoms with Gasteiger partial charge in [-0.05, 0) is 31.2 Å². The van der Waals surface area contributed by atoms with Gasteiger partial charge in [-0.2, -0.15) is 0 Å². The molecule has 0 bridgehead atoms. The molecule has 0 aliphatic heterocycles. The van der Waals surface area contributed by atoms with Crippen molar-refractivity contribution in [3.8, 4) is 0 Å². The van der Waals surface area contributed by atoms with Crippen LogP contribution < -0.4 is 11.1 Å². The number of rotatable bonds is 7. The molecular formula is C11H24N2O. The van der Waals surface area contributed by atoms with Crippen LogP contribution in [0.25, 0.3) is 0 Å². The lowest BCUT2D eigenvalue weighted by Crippen LogP contribution is -2.41. The number of carbonyl (C=O) groups is 1. The van der Waals surface area contributed by atoms with Crippen LogP contribution in [-0.4, -0.2) is 19.0 Å². The average molecular weight is 200 g/mol. The van der Waals surface area contributed by atoms with Crippen LogP contribution >= 0.6 is 0 Å². The van der Waals surface area contributed by atoms with Crippen LogP contribution in [0.15, 0.2) is 0 Å². The first kappa shape index (κ1) is 13.4. The number of hydrogen-bond acceptors (Lipinski definition) is 2. The first-order valence-electron chi connectivity index (χ1n) is 5.61. The largest absolute Gasteiger partial charge is 0.355 e. The molecule has 0 unspecified atom stereocenters. The minimum atomic E-state index is 0.101. The van der Waals surface area contributed by atoms with Crippen molar-refractivity contribution in [1.82, 2.24) is 5.32 Å². The zero-order valence-corrected chi connectivity index (χ0v) is 9.73. The fourth-order valence-corrected chi connectivity index (χ4v) is 1.46. The van der Waals surface area contributed by atoms with Crippen molar-refractivity contribution in [2.24, 2.45) is 11.1 Å². The summed E-state index contributed by atoms with van der Waals surface area (Å²) in [4.78, 5) is 11.3. The molecule has 3 heteroatoms. The molecule has 0 spiro atoms. The van der Waals surface area contributed by atoms with Crippen molar-refractivity contribution >= 4 is 5.91 Å². The van der Waals surface area contributed by atoms with E-state index >= 15 is 0 Å². The number of amides is 1. The molecule has 0 fully saturated rings. The smallest absolute Gasteiger partial charge is 0.220 e. The number of nitrogens with two attached hydrogens (primary N) is 1. The third-order valence-electron chi connectivity index (χ3n) is 3.07. The van der Waals surface area contributed by atoms with Gasteiger partial charge in [0.05, 0.1) is 0 Å². The minimum Gasteiger partial charge on any atom is -0.355 e. The molecule has 0 aromatic heterocycles. The lowest BCUT2D eigenvalue weighted by atomic mass is 9.82. The van der Waals surface area contributed by atoms with Gasteiger partial charge in [-0.1, -0.05) is 20.8 Å². The van der Waals surface area contributed by atoms with Crippen molar-refractivity contribution in [2.75, 3.05) is 13.1 Å². The third kappa shape index (κ3) is 4.09. The molecule has 1 amide bonds. The highest BCUT2D eigenvalue weighted by molar-refractivity contribution is 5.75. The van der Waals surface area contributed by atoms with E-state index in [1.54, 1.807) is 0 Å². The molecular weight excluding hydrogens is 176 g/mol. The van der Waals surface area contributed by atoms with Gasteiger partial charge in [-0.25, -0.2) is 0 Å². The summed E-state index contributed by atoms with van der Waals surface area (Å²) >= 11 is 0. The predicted octanol–water partition coefficient (Wildman–Crippen LogP) is 1.67. The molecule has 0 saturated heterocycles. The van der Waals surface area contributed by atoms with Crippen LogP contribution in [0.5, 0.6) is 0 Å². The zero-order chi connectivity index (χ0) is 11.0.